The van der Waals surface area contributed by atoms with E-state index in [0.29, 0.717) is 0 Å². The van der Waals surface area contributed by atoms with Crippen molar-refractivity contribution in [2.75, 3.05) is 4.90 Å². The molecule has 0 unspecified atom stereocenters. The first kappa shape index (κ1) is 29.9. The van der Waals surface area contributed by atoms with Crippen LogP contribution in [0.25, 0.3) is 55.3 Å². The molecule has 0 aliphatic heterocycles. The summed E-state index contributed by atoms with van der Waals surface area (Å²) in [6.07, 6.45) is 0. The molecule has 0 bridgehead atoms. The third-order valence-corrected chi connectivity index (χ3v) is 10.4. The Morgan fingerprint density at radius 2 is 0.900 bits per heavy atom. The minimum atomic E-state index is -0.156. The number of nitrogens with zero attached hydrogens (tertiary/aromatic N) is 1. The maximum atomic E-state index is 2.46. The van der Waals surface area contributed by atoms with E-state index in [0.717, 1.165) is 11.4 Å². The maximum Gasteiger partial charge on any atom is 0.0508 e. The lowest BCUT2D eigenvalue weighted by Crippen LogP contribution is -2.20. The molecule has 9 rings (SSSR count). The van der Waals surface area contributed by atoms with E-state index in [1.807, 2.05) is 0 Å². The van der Waals surface area contributed by atoms with Gasteiger partial charge in [-0.05, 0) is 103 Å². The van der Waals surface area contributed by atoms with Crippen LogP contribution in [0.1, 0.15) is 25.0 Å². The summed E-state index contributed by atoms with van der Waals surface area (Å²) in [6, 6.07) is 68.6. The summed E-state index contributed by atoms with van der Waals surface area (Å²) in [5.74, 6) is 0. The van der Waals surface area contributed by atoms with Gasteiger partial charge in [-0.25, -0.2) is 0 Å². The van der Waals surface area contributed by atoms with E-state index in [-0.39, 0.29) is 5.41 Å². The van der Waals surface area contributed by atoms with Crippen LogP contribution in [-0.4, -0.2) is 0 Å². The first-order chi connectivity index (χ1) is 24.5. The summed E-state index contributed by atoms with van der Waals surface area (Å²) < 4.78 is 0. The predicted octanol–water partition coefficient (Wildman–Crippen LogP) is 13.6. The highest BCUT2D eigenvalue weighted by atomic mass is 15.1. The lowest BCUT2D eigenvalue weighted by molar-refractivity contribution is 0.661. The molecule has 0 N–H and O–H groups in total. The third kappa shape index (κ3) is 5.11. The quantitative estimate of drug-likeness (QED) is 0.175. The molecule has 8 aromatic carbocycles. The van der Waals surface area contributed by atoms with Gasteiger partial charge >= 0.3 is 0 Å². The molecule has 50 heavy (non-hydrogen) atoms. The van der Waals surface area contributed by atoms with Crippen molar-refractivity contribution < 1.29 is 0 Å². The third-order valence-electron chi connectivity index (χ3n) is 10.4. The van der Waals surface area contributed by atoms with Crippen molar-refractivity contribution >= 4 is 27.8 Å². The highest BCUT2D eigenvalue weighted by Crippen LogP contribution is 2.54. The predicted molar refractivity (Wildman–Crippen MR) is 213 cm³/mol. The Bertz CT molecular complexity index is 2490. The van der Waals surface area contributed by atoms with Crippen LogP contribution in [0.5, 0.6) is 0 Å². The minimum absolute atomic E-state index is 0.156. The van der Waals surface area contributed by atoms with Crippen molar-refractivity contribution in [3.8, 4) is 44.5 Å². The van der Waals surface area contributed by atoms with Crippen molar-refractivity contribution in [1.29, 1.82) is 0 Å². The summed E-state index contributed by atoms with van der Waals surface area (Å²) in [5.41, 5.74) is 16.0. The molecule has 1 aliphatic carbocycles. The van der Waals surface area contributed by atoms with E-state index in [4.69, 9.17) is 0 Å². The molecule has 0 aromatic heterocycles. The molecule has 1 aliphatic rings. The van der Waals surface area contributed by atoms with Crippen LogP contribution in [0.2, 0.25) is 0 Å². The Labute approximate surface area is 294 Å². The summed E-state index contributed by atoms with van der Waals surface area (Å²) in [7, 11) is 0. The van der Waals surface area contributed by atoms with Crippen LogP contribution >= 0.6 is 0 Å². The van der Waals surface area contributed by atoms with Crippen molar-refractivity contribution in [3.05, 3.63) is 199 Å². The Morgan fingerprint density at radius 1 is 0.360 bits per heavy atom. The molecular weight excluding hydrogens is 603 g/mol. The molecule has 0 amide bonds. The van der Waals surface area contributed by atoms with Crippen molar-refractivity contribution in [3.63, 3.8) is 0 Å². The van der Waals surface area contributed by atoms with Crippen LogP contribution < -0.4 is 4.90 Å². The molecule has 8 aromatic rings. The van der Waals surface area contributed by atoms with Gasteiger partial charge in [0.25, 0.3) is 0 Å². The van der Waals surface area contributed by atoms with E-state index in [1.54, 1.807) is 0 Å². The molecular formula is C49H37N. The van der Waals surface area contributed by atoms with Crippen LogP contribution in [0, 0.1) is 0 Å². The zero-order chi connectivity index (χ0) is 33.7. The number of rotatable bonds is 6. The molecule has 1 nitrogen and oxygen atoms in total. The number of anilines is 3. The van der Waals surface area contributed by atoms with Crippen LogP contribution in [-0.2, 0) is 5.41 Å². The molecule has 0 saturated heterocycles. The number of hydrogen-bond acceptors (Lipinski definition) is 1. The molecule has 1 heteroatoms. The lowest BCUT2D eigenvalue weighted by Gasteiger charge is -2.32. The van der Waals surface area contributed by atoms with Gasteiger partial charge in [0.05, 0.1) is 5.69 Å². The fourth-order valence-corrected chi connectivity index (χ4v) is 7.91. The summed E-state index contributed by atoms with van der Waals surface area (Å²) >= 11 is 0. The Balaban J connectivity index is 1.17. The average molecular weight is 640 g/mol. The topological polar surface area (TPSA) is 3.24 Å². The van der Waals surface area contributed by atoms with Gasteiger partial charge in [-0.15, -0.1) is 0 Å². The smallest absolute Gasteiger partial charge is 0.0508 e. The summed E-state index contributed by atoms with van der Waals surface area (Å²) in [4.78, 5) is 2.46. The first-order valence-electron chi connectivity index (χ1n) is 17.4. The van der Waals surface area contributed by atoms with Gasteiger partial charge in [-0.2, -0.15) is 0 Å². The number of benzene rings is 8. The van der Waals surface area contributed by atoms with Gasteiger partial charge in [0.2, 0.25) is 0 Å². The Hall–Kier alpha value is -6.18. The average Bonchev–Trinajstić information content (AvgIpc) is 3.42. The van der Waals surface area contributed by atoms with Crippen LogP contribution in [0.3, 0.4) is 0 Å². The van der Waals surface area contributed by atoms with Crippen molar-refractivity contribution in [1.82, 2.24) is 0 Å². The second-order valence-corrected chi connectivity index (χ2v) is 13.8. The van der Waals surface area contributed by atoms with Crippen LogP contribution in [0.4, 0.5) is 17.1 Å². The van der Waals surface area contributed by atoms with Gasteiger partial charge in [-0.3, -0.25) is 0 Å². The van der Waals surface area contributed by atoms with Crippen LogP contribution in [0.15, 0.2) is 188 Å². The zero-order valence-corrected chi connectivity index (χ0v) is 28.3. The molecule has 0 radical (unpaired) electrons. The second-order valence-electron chi connectivity index (χ2n) is 13.8. The molecule has 0 atom stereocenters. The fraction of sp³-hybridized carbons (Fsp3) is 0.0612. The molecule has 0 heterocycles. The zero-order valence-electron chi connectivity index (χ0n) is 28.3. The standard InChI is InChI=1S/C49H37N/c1-49(2)46-20-9-8-18-44(46)45-19-11-21-47(48(45)49)50(43-17-10-16-40(33-43)41-27-26-35-14-6-7-15-39(35)32-41)42-30-28-38(29-31-42)37-24-22-36(23-25-37)34-12-4-3-5-13-34/h3-33H,1-2H3. The first-order valence-corrected chi connectivity index (χ1v) is 17.4. The van der Waals surface area contributed by atoms with Gasteiger partial charge in [-0.1, -0.05) is 166 Å². The van der Waals surface area contributed by atoms with E-state index in [9.17, 15) is 0 Å². The fourth-order valence-electron chi connectivity index (χ4n) is 7.91. The van der Waals surface area contributed by atoms with Crippen molar-refractivity contribution in [2.45, 2.75) is 19.3 Å². The van der Waals surface area contributed by atoms with E-state index in [2.05, 4.69) is 207 Å². The molecule has 238 valence electrons. The normalized spacial score (nSPS) is 12.8. The molecule has 0 saturated carbocycles. The highest BCUT2D eigenvalue weighted by molar-refractivity contribution is 5.92. The largest absolute Gasteiger partial charge is 0.310 e. The summed E-state index contributed by atoms with van der Waals surface area (Å²) in [5, 5.41) is 2.51. The SMILES string of the molecule is CC1(C)c2ccccc2-c2cccc(N(c3ccc(-c4ccc(-c5ccccc5)cc4)cc3)c3cccc(-c4ccc5ccccc5c4)c3)c21. The Morgan fingerprint density at radius 3 is 1.66 bits per heavy atom. The molecule has 0 spiro atoms. The number of fused-ring (bicyclic) bond motifs is 4. The monoisotopic (exact) mass is 639 g/mol. The maximum absolute atomic E-state index is 2.46. The van der Waals surface area contributed by atoms with E-state index < -0.39 is 0 Å². The van der Waals surface area contributed by atoms with Gasteiger partial charge in [0.1, 0.15) is 0 Å². The van der Waals surface area contributed by atoms with Gasteiger partial charge < -0.3 is 4.90 Å². The lowest BCUT2D eigenvalue weighted by atomic mass is 9.81. The van der Waals surface area contributed by atoms with Gasteiger partial charge in [0, 0.05) is 16.8 Å². The number of hydrogen-bond donors (Lipinski definition) is 0. The highest BCUT2D eigenvalue weighted by Gasteiger charge is 2.38. The summed E-state index contributed by atoms with van der Waals surface area (Å²) in [6.45, 7) is 4.74. The van der Waals surface area contributed by atoms with E-state index >= 15 is 0 Å². The van der Waals surface area contributed by atoms with E-state index in [1.165, 1.54) is 72.1 Å². The minimum Gasteiger partial charge on any atom is -0.310 e. The Kier molecular flexibility index (Phi) is 7.21. The second kappa shape index (κ2) is 12.1. The van der Waals surface area contributed by atoms with Gasteiger partial charge in [0.15, 0.2) is 0 Å². The van der Waals surface area contributed by atoms with Crippen molar-refractivity contribution in [2.24, 2.45) is 0 Å². The molecule has 0 fully saturated rings.